The number of carbonyl (C=O) groups is 1. The molecule has 0 aliphatic rings. The van der Waals surface area contributed by atoms with Gasteiger partial charge in [0.1, 0.15) is 17.7 Å². The third-order valence-electron chi connectivity index (χ3n) is 2.99. The molecule has 0 bridgehead atoms. The van der Waals surface area contributed by atoms with Crippen LogP contribution in [0.4, 0.5) is 4.39 Å². The Morgan fingerprint density at radius 1 is 1.10 bits per heavy atom. The molecular formula is C15H8ClFN2O2. The molecule has 3 rings (SSSR count). The predicted molar refractivity (Wildman–Crippen MR) is 76.2 cm³/mol. The maximum absolute atomic E-state index is 12.9. The molecule has 0 aliphatic heterocycles. The van der Waals surface area contributed by atoms with Crippen molar-refractivity contribution in [1.29, 1.82) is 0 Å². The van der Waals surface area contributed by atoms with Crippen molar-refractivity contribution in [3.63, 3.8) is 0 Å². The smallest absolute Gasteiger partial charge is 0.343 e. The molecule has 0 aliphatic carbocycles. The van der Waals surface area contributed by atoms with Gasteiger partial charge >= 0.3 is 5.97 Å². The molecule has 0 fully saturated rings. The number of nitrogens with zero attached hydrogens (tertiary/aromatic N) is 2. The number of halogens is 2. The number of fused-ring (bicyclic) bond motifs is 1. The molecule has 0 amide bonds. The van der Waals surface area contributed by atoms with Crippen LogP contribution >= 0.6 is 11.9 Å². The molecule has 0 saturated heterocycles. The molecule has 4 nitrogen and oxygen atoms in total. The second kappa shape index (κ2) is 5.46. The third-order valence-corrected chi connectivity index (χ3v) is 3.13. The summed E-state index contributed by atoms with van der Waals surface area (Å²) in [7, 11) is 0. The van der Waals surface area contributed by atoms with Crippen molar-refractivity contribution in [2.24, 2.45) is 0 Å². The summed E-state index contributed by atoms with van der Waals surface area (Å²) in [6.45, 7) is 0. The van der Waals surface area contributed by atoms with Gasteiger partial charge in [-0.15, -0.1) is 0 Å². The van der Waals surface area contributed by atoms with Crippen molar-refractivity contribution in [3.05, 3.63) is 60.0 Å². The molecule has 6 heteroatoms. The maximum Gasteiger partial charge on any atom is 0.356 e. The monoisotopic (exact) mass is 302 g/mol. The van der Waals surface area contributed by atoms with Gasteiger partial charge in [0.05, 0.1) is 28.5 Å². The van der Waals surface area contributed by atoms with Crippen LogP contribution in [0.5, 0.6) is 0 Å². The van der Waals surface area contributed by atoms with Crippen LogP contribution in [0.2, 0.25) is 0 Å². The normalized spacial score (nSPS) is 10.6. The lowest BCUT2D eigenvalue weighted by molar-refractivity contribution is 0.0751. The van der Waals surface area contributed by atoms with Crippen LogP contribution < -0.4 is 0 Å². The molecule has 0 saturated carbocycles. The molecule has 21 heavy (non-hydrogen) atoms. The number of hydrogen-bond acceptors (Lipinski definition) is 4. The first-order valence-corrected chi connectivity index (χ1v) is 6.34. The molecule has 0 atom stereocenters. The van der Waals surface area contributed by atoms with Gasteiger partial charge in [-0.25, -0.2) is 14.2 Å². The fourth-order valence-electron chi connectivity index (χ4n) is 1.94. The van der Waals surface area contributed by atoms with E-state index in [0.29, 0.717) is 22.3 Å². The Hall–Kier alpha value is -2.53. The second-order valence-electron chi connectivity index (χ2n) is 4.33. The van der Waals surface area contributed by atoms with Gasteiger partial charge in [0.2, 0.25) is 0 Å². The van der Waals surface area contributed by atoms with E-state index in [1.165, 1.54) is 12.1 Å². The van der Waals surface area contributed by atoms with Gasteiger partial charge in [-0.3, -0.25) is 4.98 Å². The van der Waals surface area contributed by atoms with Gasteiger partial charge in [-0.2, -0.15) is 0 Å². The first kappa shape index (κ1) is 13.5. The predicted octanol–water partition coefficient (Wildman–Crippen LogP) is 3.75. The zero-order valence-electron chi connectivity index (χ0n) is 10.6. The molecule has 0 radical (unpaired) electrons. The highest BCUT2D eigenvalue weighted by Crippen LogP contribution is 2.20. The van der Waals surface area contributed by atoms with Crippen LogP contribution in [-0.4, -0.2) is 15.9 Å². The fourth-order valence-corrected chi connectivity index (χ4v) is 2.03. The Morgan fingerprint density at radius 3 is 2.57 bits per heavy atom. The summed E-state index contributed by atoms with van der Waals surface area (Å²) in [6, 6.07) is 10.7. The van der Waals surface area contributed by atoms with Crippen LogP contribution in [0.1, 0.15) is 10.4 Å². The van der Waals surface area contributed by atoms with Gasteiger partial charge in [0.25, 0.3) is 0 Å². The fraction of sp³-hybridized carbons (Fsp3) is 0. The Kier molecular flexibility index (Phi) is 3.50. The zero-order valence-corrected chi connectivity index (χ0v) is 11.3. The molecule has 0 unspecified atom stereocenters. The van der Waals surface area contributed by atoms with Crippen LogP contribution in [0.15, 0.2) is 48.7 Å². The van der Waals surface area contributed by atoms with Gasteiger partial charge < -0.3 is 4.29 Å². The van der Waals surface area contributed by atoms with Gasteiger partial charge in [-0.1, -0.05) is 0 Å². The highest BCUT2D eigenvalue weighted by molar-refractivity contribution is 6.16. The first-order chi connectivity index (χ1) is 10.2. The van der Waals surface area contributed by atoms with E-state index in [9.17, 15) is 9.18 Å². The van der Waals surface area contributed by atoms with Crippen molar-refractivity contribution >= 4 is 28.9 Å². The zero-order chi connectivity index (χ0) is 14.8. The number of benzene rings is 2. The van der Waals surface area contributed by atoms with E-state index in [1.807, 2.05) is 0 Å². The highest BCUT2D eigenvalue weighted by Gasteiger charge is 2.09. The van der Waals surface area contributed by atoms with E-state index in [2.05, 4.69) is 14.3 Å². The molecule has 1 heterocycles. The lowest BCUT2D eigenvalue weighted by atomic mass is 10.1. The van der Waals surface area contributed by atoms with Crippen molar-refractivity contribution in [2.45, 2.75) is 0 Å². The van der Waals surface area contributed by atoms with Crippen LogP contribution in [0.3, 0.4) is 0 Å². The summed E-state index contributed by atoms with van der Waals surface area (Å²) in [5.41, 5.74) is 2.83. The second-order valence-corrected chi connectivity index (χ2v) is 4.48. The summed E-state index contributed by atoms with van der Waals surface area (Å²) < 4.78 is 17.1. The van der Waals surface area contributed by atoms with Crippen LogP contribution in [0, 0.1) is 5.82 Å². The van der Waals surface area contributed by atoms with Gasteiger partial charge in [0.15, 0.2) is 0 Å². The minimum Gasteiger partial charge on any atom is -0.343 e. The summed E-state index contributed by atoms with van der Waals surface area (Å²) in [5.74, 6) is -0.959. The Balaban J connectivity index is 2.05. The molecule has 2 aromatic carbocycles. The molecule has 1 aromatic heterocycles. The number of hydrogen-bond donors (Lipinski definition) is 0. The number of rotatable bonds is 2. The quantitative estimate of drug-likeness (QED) is 0.723. The Morgan fingerprint density at radius 2 is 1.86 bits per heavy atom. The lowest BCUT2D eigenvalue weighted by Gasteiger charge is -2.04. The SMILES string of the molecule is O=C(OCl)c1ccc2nc(-c3ccc(F)cc3)cnc2c1. The number of carbonyl (C=O) groups excluding carboxylic acids is 1. The molecule has 104 valence electrons. The van der Waals surface area contributed by atoms with E-state index < -0.39 is 5.97 Å². The molecule has 0 N–H and O–H groups in total. The molecular weight excluding hydrogens is 295 g/mol. The van der Waals surface area contributed by atoms with Crippen LogP contribution in [0.25, 0.3) is 22.3 Å². The number of aromatic nitrogens is 2. The van der Waals surface area contributed by atoms with Crippen molar-refractivity contribution in [2.75, 3.05) is 0 Å². The van der Waals surface area contributed by atoms with Gasteiger partial charge in [0, 0.05) is 5.56 Å². The largest absolute Gasteiger partial charge is 0.356 e. The standard InChI is InChI=1S/C15H8ClFN2O2/c16-21-15(20)10-3-6-12-13(7-10)18-8-14(19-12)9-1-4-11(17)5-2-9/h1-8H. The van der Waals surface area contributed by atoms with E-state index in [4.69, 9.17) is 11.9 Å². The van der Waals surface area contributed by atoms with Crippen molar-refractivity contribution in [1.82, 2.24) is 9.97 Å². The summed E-state index contributed by atoms with van der Waals surface area (Å²) in [6.07, 6.45) is 1.56. The summed E-state index contributed by atoms with van der Waals surface area (Å²) >= 11 is 5.04. The highest BCUT2D eigenvalue weighted by atomic mass is 35.5. The van der Waals surface area contributed by atoms with Crippen molar-refractivity contribution < 1.29 is 13.5 Å². The minimum absolute atomic E-state index is 0.293. The van der Waals surface area contributed by atoms with E-state index in [1.54, 1.807) is 36.5 Å². The topological polar surface area (TPSA) is 52.1 Å². The average molecular weight is 303 g/mol. The third kappa shape index (κ3) is 2.68. The molecule has 3 aromatic rings. The minimum atomic E-state index is -0.650. The Bertz CT molecular complexity index is 822. The first-order valence-electron chi connectivity index (χ1n) is 6.03. The van der Waals surface area contributed by atoms with E-state index in [0.717, 1.165) is 5.56 Å². The maximum atomic E-state index is 12.9. The molecule has 0 spiro atoms. The Labute approximate surface area is 124 Å². The summed E-state index contributed by atoms with van der Waals surface area (Å²) in [5, 5.41) is 0. The van der Waals surface area contributed by atoms with Crippen LogP contribution in [-0.2, 0) is 4.29 Å². The lowest BCUT2D eigenvalue weighted by Crippen LogP contribution is -1.98. The van der Waals surface area contributed by atoms with E-state index >= 15 is 0 Å². The van der Waals surface area contributed by atoms with E-state index in [-0.39, 0.29) is 5.82 Å². The van der Waals surface area contributed by atoms with Crippen molar-refractivity contribution in [3.8, 4) is 11.3 Å². The van der Waals surface area contributed by atoms with Gasteiger partial charge in [-0.05, 0) is 42.5 Å². The average Bonchev–Trinajstić information content (AvgIpc) is 2.54. The summed E-state index contributed by atoms with van der Waals surface area (Å²) in [4.78, 5) is 20.0.